The lowest BCUT2D eigenvalue weighted by molar-refractivity contribution is 0.746. The third-order valence-electron chi connectivity index (χ3n) is 2.28. The maximum atomic E-state index is 5.94. The van der Waals surface area contributed by atoms with E-state index < -0.39 is 0 Å². The van der Waals surface area contributed by atoms with Crippen LogP contribution in [0.15, 0.2) is 23.5 Å². The highest BCUT2D eigenvalue weighted by Crippen LogP contribution is 2.18. The van der Waals surface area contributed by atoms with Crippen LogP contribution in [0.5, 0.6) is 0 Å². The molecule has 2 rings (SSSR count). The van der Waals surface area contributed by atoms with Gasteiger partial charge in [0.05, 0.1) is 5.69 Å². The Morgan fingerprint density at radius 2 is 2.12 bits per heavy atom. The fraction of sp³-hybridized carbons (Fsp3) is 0.364. The van der Waals surface area contributed by atoms with E-state index in [1.807, 2.05) is 18.5 Å². The largest absolute Gasteiger partial charge is 0.222 e. The number of hydrogen-bond donors (Lipinski definition) is 0. The van der Waals surface area contributed by atoms with E-state index in [-0.39, 0.29) is 0 Å². The molecular formula is C11H13ClN4S. The molecule has 0 saturated heterocycles. The van der Waals surface area contributed by atoms with Crippen molar-refractivity contribution in [1.29, 1.82) is 0 Å². The Morgan fingerprint density at radius 1 is 1.35 bits per heavy atom. The summed E-state index contributed by atoms with van der Waals surface area (Å²) in [5.74, 6) is 1.09. The van der Waals surface area contributed by atoms with Gasteiger partial charge in [-0.2, -0.15) is 5.10 Å². The molecule has 0 aliphatic rings. The van der Waals surface area contributed by atoms with Crippen LogP contribution in [0.25, 0.3) is 5.82 Å². The minimum absolute atomic E-state index is 0.397. The molecule has 0 bridgehead atoms. The third kappa shape index (κ3) is 2.79. The molecule has 0 aromatic carbocycles. The molecular weight excluding hydrogens is 256 g/mol. The van der Waals surface area contributed by atoms with E-state index >= 15 is 0 Å². The minimum Gasteiger partial charge on any atom is -0.222 e. The van der Waals surface area contributed by atoms with Crippen LogP contribution in [0.1, 0.15) is 25.5 Å². The van der Waals surface area contributed by atoms with Crippen LogP contribution in [0.4, 0.5) is 0 Å². The van der Waals surface area contributed by atoms with E-state index in [1.54, 1.807) is 10.7 Å². The first-order valence-electron chi connectivity index (χ1n) is 5.24. The Kier molecular flexibility index (Phi) is 3.69. The zero-order valence-electron chi connectivity index (χ0n) is 9.88. The lowest BCUT2D eigenvalue weighted by Gasteiger charge is -2.03. The monoisotopic (exact) mass is 268 g/mol. The average Bonchev–Trinajstić information content (AvgIpc) is 2.77. The molecule has 0 radical (unpaired) electrons. The molecule has 0 fully saturated rings. The molecule has 0 atom stereocenters. The average molecular weight is 269 g/mol. The van der Waals surface area contributed by atoms with Gasteiger partial charge in [0.1, 0.15) is 5.15 Å². The Morgan fingerprint density at radius 3 is 2.71 bits per heavy atom. The van der Waals surface area contributed by atoms with E-state index in [1.165, 1.54) is 11.8 Å². The van der Waals surface area contributed by atoms with E-state index in [4.69, 9.17) is 11.6 Å². The lowest BCUT2D eigenvalue weighted by atomic mass is 10.1. The summed E-state index contributed by atoms with van der Waals surface area (Å²) in [5.41, 5.74) is 1.03. The molecule has 0 amide bonds. The van der Waals surface area contributed by atoms with Crippen molar-refractivity contribution in [2.75, 3.05) is 6.26 Å². The van der Waals surface area contributed by atoms with E-state index in [0.29, 0.717) is 22.0 Å². The van der Waals surface area contributed by atoms with Gasteiger partial charge in [-0.25, -0.2) is 14.6 Å². The minimum atomic E-state index is 0.397. The van der Waals surface area contributed by atoms with Gasteiger partial charge < -0.3 is 0 Å². The van der Waals surface area contributed by atoms with Gasteiger partial charge in [0, 0.05) is 12.3 Å². The number of hydrogen-bond acceptors (Lipinski definition) is 4. The van der Waals surface area contributed by atoms with E-state index in [2.05, 4.69) is 28.9 Å². The van der Waals surface area contributed by atoms with Gasteiger partial charge >= 0.3 is 0 Å². The number of thioether (sulfide) groups is 1. The summed E-state index contributed by atoms with van der Waals surface area (Å²) in [5, 5.41) is 5.53. The summed E-state index contributed by atoms with van der Waals surface area (Å²) in [4.78, 5) is 8.46. The second-order valence-corrected chi connectivity index (χ2v) is 5.04. The predicted octanol–water partition coefficient (Wildman–Crippen LogP) is 3.16. The highest BCUT2D eigenvalue weighted by Gasteiger charge is 2.08. The van der Waals surface area contributed by atoms with Crippen LogP contribution in [-0.4, -0.2) is 26.0 Å². The van der Waals surface area contributed by atoms with Crippen LogP contribution in [-0.2, 0) is 0 Å². The fourth-order valence-corrected chi connectivity index (χ4v) is 1.97. The van der Waals surface area contributed by atoms with Gasteiger partial charge in [-0.05, 0) is 18.2 Å². The molecule has 6 heteroatoms. The maximum absolute atomic E-state index is 5.94. The fourth-order valence-electron chi connectivity index (χ4n) is 1.37. The Balaban J connectivity index is 2.41. The SMILES string of the molecule is CSc1nc(Cl)cc(-n2ccc(C(C)C)n2)n1. The maximum Gasteiger partial charge on any atom is 0.190 e. The first-order valence-corrected chi connectivity index (χ1v) is 6.85. The Bertz CT molecular complexity index is 524. The normalized spacial score (nSPS) is 11.1. The summed E-state index contributed by atoms with van der Waals surface area (Å²) in [6.07, 6.45) is 3.80. The van der Waals surface area contributed by atoms with E-state index in [9.17, 15) is 0 Å². The number of aromatic nitrogens is 4. The van der Waals surface area contributed by atoms with Crippen molar-refractivity contribution >= 4 is 23.4 Å². The van der Waals surface area contributed by atoms with Crippen molar-refractivity contribution in [3.8, 4) is 5.82 Å². The summed E-state index contributed by atoms with van der Waals surface area (Å²) in [7, 11) is 0. The van der Waals surface area contributed by atoms with Gasteiger partial charge in [0.15, 0.2) is 11.0 Å². The molecule has 2 aromatic heterocycles. The van der Waals surface area contributed by atoms with Crippen LogP contribution in [0.3, 0.4) is 0 Å². The summed E-state index contributed by atoms with van der Waals surface area (Å²) in [6, 6.07) is 3.69. The molecule has 0 saturated carbocycles. The molecule has 0 spiro atoms. The first-order chi connectivity index (χ1) is 8.10. The van der Waals surface area contributed by atoms with Gasteiger partial charge in [-0.3, -0.25) is 0 Å². The van der Waals surface area contributed by atoms with E-state index in [0.717, 1.165) is 5.69 Å². The van der Waals surface area contributed by atoms with Gasteiger partial charge in [-0.15, -0.1) is 0 Å². The Hall–Kier alpha value is -1.07. The van der Waals surface area contributed by atoms with Crippen molar-refractivity contribution < 1.29 is 0 Å². The molecule has 90 valence electrons. The summed E-state index contributed by atoms with van der Waals surface area (Å²) in [6.45, 7) is 4.21. The van der Waals surface area contributed by atoms with Crippen molar-refractivity contribution in [3.63, 3.8) is 0 Å². The topological polar surface area (TPSA) is 43.6 Å². The second kappa shape index (κ2) is 5.06. The molecule has 0 unspecified atom stereocenters. The van der Waals surface area contributed by atoms with Crippen molar-refractivity contribution in [2.45, 2.75) is 24.9 Å². The van der Waals surface area contributed by atoms with Crippen LogP contribution < -0.4 is 0 Å². The van der Waals surface area contributed by atoms with Crippen molar-refractivity contribution in [2.24, 2.45) is 0 Å². The molecule has 0 aliphatic heterocycles. The zero-order chi connectivity index (χ0) is 12.4. The Labute approximate surface area is 109 Å². The van der Waals surface area contributed by atoms with Crippen molar-refractivity contribution in [3.05, 3.63) is 29.2 Å². The first kappa shape index (κ1) is 12.4. The van der Waals surface area contributed by atoms with Crippen LogP contribution in [0, 0.1) is 0 Å². The quantitative estimate of drug-likeness (QED) is 0.487. The molecule has 2 heterocycles. The zero-order valence-corrected chi connectivity index (χ0v) is 11.5. The molecule has 0 aliphatic carbocycles. The highest BCUT2D eigenvalue weighted by atomic mass is 35.5. The highest BCUT2D eigenvalue weighted by molar-refractivity contribution is 7.98. The van der Waals surface area contributed by atoms with Gasteiger partial charge in [0.25, 0.3) is 0 Å². The molecule has 0 N–H and O–H groups in total. The second-order valence-electron chi connectivity index (χ2n) is 3.88. The van der Waals surface area contributed by atoms with Crippen LogP contribution in [0.2, 0.25) is 5.15 Å². The number of halogens is 1. The van der Waals surface area contributed by atoms with Gasteiger partial charge in [-0.1, -0.05) is 37.2 Å². The van der Waals surface area contributed by atoms with Crippen molar-refractivity contribution in [1.82, 2.24) is 19.7 Å². The molecule has 17 heavy (non-hydrogen) atoms. The molecule has 2 aromatic rings. The summed E-state index contributed by atoms with van der Waals surface area (Å²) >= 11 is 7.40. The lowest BCUT2D eigenvalue weighted by Crippen LogP contribution is -2.02. The summed E-state index contributed by atoms with van der Waals surface area (Å²) < 4.78 is 1.72. The number of rotatable bonds is 3. The third-order valence-corrected chi connectivity index (χ3v) is 3.02. The standard InChI is InChI=1S/C11H13ClN4S/c1-7(2)8-4-5-16(15-8)10-6-9(12)13-11(14-10)17-3/h4-7H,1-3H3. The van der Waals surface area contributed by atoms with Gasteiger partial charge in [0.2, 0.25) is 0 Å². The smallest absolute Gasteiger partial charge is 0.190 e. The number of nitrogens with zero attached hydrogens (tertiary/aromatic N) is 4. The molecule has 4 nitrogen and oxygen atoms in total. The predicted molar refractivity (Wildman–Crippen MR) is 70.0 cm³/mol. The van der Waals surface area contributed by atoms with Crippen LogP contribution >= 0.6 is 23.4 Å².